The topological polar surface area (TPSA) is 56.0 Å². The van der Waals surface area contributed by atoms with Crippen LogP contribution in [0.4, 0.5) is 10.1 Å². The largest absolute Gasteiger partial charge is 0.508 e. The number of nitrogens with one attached hydrogen (secondary N) is 1. The second kappa shape index (κ2) is 5.87. The lowest BCUT2D eigenvalue weighted by atomic mass is 10.1. The third-order valence-corrected chi connectivity index (χ3v) is 2.77. The molecular weight excluding hydrogens is 243 g/mol. The third kappa shape index (κ3) is 3.46. The summed E-state index contributed by atoms with van der Waals surface area (Å²) in [6.45, 7) is 0.649. The van der Waals surface area contributed by atoms with E-state index in [-0.39, 0.29) is 11.3 Å². The van der Waals surface area contributed by atoms with E-state index in [1.165, 1.54) is 12.1 Å². The fraction of sp³-hybridized carbons (Fsp3) is 0.133. The van der Waals surface area contributed by atoms with Crippen molar-refractivity contribution < 1.29 is 9.50 Å². The van der Waals surface area contributed by atoms with Crippen molar-refractivity contribution in [2.75, 3.05) is 11.9 Å². The molecule has 0 spiro atoms. The zero-order chi connectivity index (χ0) is 13.7. The van der Waals surface area contributed by atoms with Gasteiger partial charge in [-0.1, -0.05) is 12.1 Å². The lowest BCUT2D eigenvalue weighted by Gasteiger charge is -2.07. The van der Waals surface area contributed by atoms with Crippen LogP contribution >= 0.6 is 0 Å². The molecule has 0 unspecified atom stereocenters. The summed E-state index contributed by atoms with van der Waals surface area (Å²) in [5.74, 6) is -0.275. The van der Waals surface area contributed by atoms with Gasteiger partial charge in [0, 0.05) is 12.2 Å². The standard InChI is InChI=1S/C15H13FN2O/c16-15-9-13(4-3-12(15)10-17)18-8-7-11-1-5-14(19)6-2-11/h1-6,9,18-19H,7-8H2. The first-order chi connectivity index (χ1) is 9.19. The van der Waals surface area contributed by atoms with Crippen molar-refractivity contribution in [3.05, 3.63) is 59.4 Å². The monoisotopic (exact) mass is 256 g/mol. The molecular formula is C15H13FN2O. The van der Waals surface area contributed by atoms with E-state index in [1.54, 1.807) is 24.3 Å². The maximum atomic E-state index is 13.4. The van der Waals surface area contributed by atoms with Gasteiger partial charge in [-0.05, 0) is 42.3 Å². The number of phenols is 1. The van der Waals surface area contributed by atoms with Crippen LogP contribution in [0.25, 0.3) is 0 Å². The van der Waals surface area contributed by atoms with Crippen molar-refractivity contribution in [1.82, 2.24) is 0 Å². The molecule has 0 aliphatic carbocycles. The molecule has 2 aromatic carbocycles. The quantitative estimate of drug-likeness (QED) is 0.884. The smallest absolute Gasteiger partial charge is 0.143 e. The minimum atomic E-state index is -0.517. The maximum absolute atomic E-state index is 13.4. The van der Waals surface area contributed by atoms with Crippen LogP contribution < -0.4 is 5.32 Å². The number of anilines is 1. The third-order valence-electron chi connectivity index (χ3n) is 2.77. The summed E-state index contributed by atoms with van der Waals surface area (Å²) < 4.78 is 13.4. The predicted molar refractivity (Wildman–Crippen MR) is 71.4 cm³/mol. The summed E-state index contributed by atoms with van der Waals surface area (Å²) in [7, 11) is 0. The Labute approximate surface area is 110 Å². The highest BCUT2D eigenvalue weighted by molar-refractivity contribution is 5.48. The summed E-state index contributed by atoms with van der Waals surface area (Å²) in [5, 5.41) is 20.9. The van der Waals surface area contributed by atoms with Crippen molar-refractivity contribution in [3.8, 4) is 11.8 Å². The molecule has 0 aliphatic rings. The number of hydrogen-bond donors (Lipinski definition) is 2. The van der Waals surface area contributed by atoms with Crippen LogP contribution in [-0.2, 0) is 6.42 Å². The molecule has 0 atom stereocenters. The van der Waals surface area contributed by atoms with Gasteiger partial charge in [-0.25, -0.2) is 4.39 Å². The number of hydrogen-bond acceptors (Lipinski definition) is 3. The number of nitriles is 1. The minimum absolute atomic E-state index is 0.0454. The van der Waals surface area contributed by atoms with E-state index >= 15 is 0 Å². The van der Waals surface area contributed by atoms with Gasteiger partial charge in [-0.2, -0.15) is 5.26 Å². The van der Waals surface area contributed by atoms with E-state index < -0.39 is 5.82 Å². The molecule has 0 amide bonds. The van der Waals surface area contributed by atoms with Gasteiger partial charge in [0.2, 0.25) is 0 Å². The molecule has 0 aliphatic heterocycles. The van der Waals surface area contributed by atoms with Crippen molar-refractivity contribution in [2.24, 2.45) is 0 Å². The Bertz CT molecular complexity index is 603. The van der Waals surface area contributed by atoms with Crippen LogP contribution in [0.5, 0.6) is 5.75 Å². The lowest BCUT2D eigenvalue weighted by molar-refractivity contribution is 0.475. The Balaban J connectivity index is 1.91. The fourth-order valence-electron chi connectivity index (χ4n) is 1.73. The van der Waals surface area contributed by atoms with Gasteiger partial charge in [0.05, 0.1) is 5.56 Å². The molecule has 0 aromatic heterocycles. The van der Waals surface area contributed by atoms with E-state index in [0.29, 0.717) is 12.2 Å². The van der Waals surface area contributed by atoms with E-state index in [4.69, 9.17) is 10.4 Å². The average Bonchev–Trinajstić information content (AvgIpc) is 2.41. The highest BCUT2D eigenvalue weighted by atomic mass is 19.1. The van der Waals surface area contributed by atoms with Crippen molar-refractivity contribution >= 4 is 5.69 Å². The summed E-state index contributed by atoms with van der Waals surface area (Å²) >= 11 is 0. The highest BCUT2D eigenvalue weighted by Gasteiger charge is 2.02. The average molecular weight is 256 g/mol. The Morgan fingerprint density at radius 2 is 1.89 bits per heavy atom. The second-order valence-corrected chi connectivity index (χ2v) is 4.15. The van der Waals surface area contributed by atoms with E-state index in [2.05, 4.69) is 5.32 Å². The zero-order valence-corrected chi connectivity index (χ0v) is 10.2. The predicted octanol–water partition coefficient (Wildman–Crippen LogP) is 3.06. The molecule has 0 radical (unpaired) electrons. The number of rotatable bonds is 4. The van der Waals surface area contributed by atoms with Crippen molar-refractivity contribution in [3.63, 3.8) is 0 Å². The number of nitrogens with zero attached hydrogens (tertiary/aromatic N) is 1. The van der Waals surface area contributed by atoms with Gasteiger partial charge < -0.3 is 10.4 Å². The van der Waals surface area contributed by atoms with Gasteiger partial charge in [-0.15, -0.1) is 0 Å². The molecule has 0 heterocycles. The summed E-state index contributed by atoms with van der Waals surface area (Å²) in [6.07, 6.45) is 0.766. The van der Waals surface area contributed by atoms with E-state index in [9.17, 15) is 4.39 Å². The number of aromatic hydroxyl groups is 1. The molecule has 2 aromatic rings. The number of benzene rings is 2. The minimum Gasteiger partial charge on any atom is -0.508 e. The molecule has 0 saturated carbocycles. The van der Waals surface area contributed by atoms with Crippen LogP contribution in [0.2, 0.25) is 0 Å². The molecule has 0 bridgehead atoms. The highest BCUT2D eigenvalue weighted by Crippen LogP contribution is 2.14. The molecule has 96 valence electrons. The van der Waals surface area contributed by atoms with Crippen molar-refractivity contribution in [1.29, 1.82) is 5.26 Å². The Kier molecular flexibility index (Phi) is 3.99. The summed E-state index contributed by atoms with van der Waals surface area (Å²) in [6, 6.07) is 13.2. The van der Waals surface area contributed by atoms with Crippen LogP contribution in [0.15, 0.2) is 42.5 Å². The van der Waals surface area contributed by atoms with Gasteiger partial charge in [0.25, 0.3) is 0 Å². The Morgan fingerprint density at radius 3 is 2.53 bits per heavy atom. The van der Waals surface area contributed by atoms with Crippen LogP contribution in [0, 0.1) is 17.1 Å². The van der Waals surface area contributed by atoms with Crippen LogP contribution in [0.1, 0.15) is 11.1 Å². The first-order valence-electron chi connectivity index (χ1n) is 5.90. The maximum Gasteiger partial charge on any atom is 0.143 e. The molecule has 4 heteroatoms. The summed E-state index contributed by atoms with van der Waals surface area (Å²) in [4.78, 5) is 0. The summed E-state index contributed by atoms with van der Waals surface area (Å²) in [5.41, 5.74) is 1.78. The van der Waals surface area contributed by atoms with Gasteiger partial charge in [-0.3, -0.25) is 0 Å². The van der Waals surface area contributed by atoms with Crippen LogP contribution in [0.3, 0.4) is 0 Å². The SMILES string of the molecule is N#Cc1ccc(NCCc2ccc(O)cc2)cc1F. The normalized spacial score (nSPS) is 9.89. The van der Waals surface area contributed by atoms with Gasteiger partial charge >= 0.3 is 0 Å². The second-order valence-electron chi connectivity index (χ2n) is 4.15. The van der Waals surface area contributed by atoms with Gasteiger partial charge in [0.15, 0.2) is 0 Å². The van der Waals surface area contributed by atoms with E-state index in [1.807, 2.05) is 12.1 Å². The van der Waals surface area contributed by atoms with E-state index in [0.717, 1.165) is 12.0 Å². The Hall–Kier alpha value is -2.54. The zero-order valence-electron chi connectivity index (χ0n) is 10.2. The number of phenolic OH excluding ortho intramolecular Hbond substituents is 1. The first-order valence-corrected chi connectivity index (χ1v) is 5.90. The first kappa shape index (κ1) is 12.9. The Morgan fingerprint density at radius 1 is 1.16 bits per heavy atom. The van der Waals surface area contributed by atoms with Crippen LogP contribution in [-0.4, -0.2) is 11.7 Å². The molecule has 0 saturated heterocycles. The fourth-order valence-corrected chi connectivity index (χ4v) is 1.73. The molecule has 0 fully saturated rings. The molecule has 3 nitrogen and oxygen atoms in total. The lowest BCUT2D eigenvalue weighted by Crippen LogP contribution is -2.05. The van der Waals surface area contributed by atoms with Gasteiger partial charge in [0.1, 0.15) is 17.6 Å². The van der Waals surface area contributed by atoms with Crippen molar-refractivity contribution in [2.45, 2.75) is 6.42 Å². The molecule has 19 heavy (non-hydrogen) atoms. The molecule has 2 rings (SSSR count). The molecule has 2 N–H and O–H groups in total. The number of halogens is 1.